The fraction of sp³-hybridized carbons (Fsp3) is 0.238. The summed E-state index contributed by atoms with van der Waals surface area (Å²) in [7, 11) is 3.29. The van der Waals surface area contributed by atoms with Crippen LogP contribution < -0.4 is 10.5 Å². The van der Waals surface area contributed by atoms with Gasteiger partial charge in [0, 0.05) is 43.4 Å². The van der Waals surface area contributed by atoms with E-state index < -0.39 is 0 Å². The Morgan fingerprint density at radius 1 is 1.25 bits per heavy atom. The Morgan fingerprint density at radius 2 is 1.96 bits per heavy atom. The molecule has 28 heavy (non-hydrogen) atoms. The first-order valence-electron chi connectivity index (χ1n) is 8.82. The molecule has 0 radical (unpaired) electrons. The Hall–Kier alpha value is -2.41. The Labute approximate surface area is 173 Å². The number of aromatic hydroxyl groups is 1. The first kappa shape index (κ1) is 20.3. The third-order valence-corrected chi connectivity index (χ3v) is 5.25. The molecular weight excluding hydrogens is 396 g/mol. The molecule has 0 atom stereocenters. The van der Waals surface area contributed by atoms with Crippen molar-refractivity contribution in [2.45, 2.75) is 6.42 Å². The molecule has 2 aromatic carbocycles. The fourth-order valence-corrected chi connectivity index (χ4v) is 3.71. The first-order valence-corrected chi connectivity index (χ1v) is 9.61. The Balaban J connectivity index is 2.15. The second-order valence-electron chi connectivity index (χ2n) is 6.39. The maximum absolute atomic E-state index is 13.0. The largest absolute Gasteiger partial charge is 0.506 e. The number of methoxy groups -OCH3 is 1. The number of nitrogens with zero attached hydrogens (tertiary/aromatic N) is 2. The van der Waals surface area contributed by atoms with E-state index in [1.807, 2.05) is 35.2 Å². The summed E-state index contributed by atoms with van der Waals surface area (Å²) in [6.07, 6.45) is 0.714. The Kier molecular flexibility index (Phi) is 6.34. The molecule has 0 saturated carbocycles. The molecule has 3 rings (SSSR count). The molecule has 1 heterocycles. The van der Waals surface area contributed by atoms with E-state index in [9.17, 15) is 9.90 Å². The van der Waals surface area contributed by atoms with Gasteiger partial charge in [-0.25, -0.2) is 0 Å². The molecular formula is C21H21ClN2O3S. The summed E-state index contributed by atoms with van der Waals surface area (Å²) in [6.45, 7) is 1.11. The molecule has 1 N–H and O–H groups in total. The second kappa shape index (κ2) is 8.73. The highest BCUT2D eigenvalue weighted by atomic mass is 35.5. The zero-order valence-corrected chi connectivity index (χ0v) is 17.3. The van der Waals surface area contributed by atoms with Crippen molar-refractivity contribution in [3.63, 3.8) is 0 Å². The number of aryl methyl sites for hydroxylation is 1. The molecule has 146 valence electrons. The number of fused-ring (bicyclic) bond motifs is 1. The van der Waals surface area contributed by atoms with Crippen molar-refractivity contribution in [3.8, 4) is 5.75 Å². The zero-order valence-electron chi connectivity index (χ0n) is 15.7. The lowest BCUT2D eigenvalue weighted by Crippen LogP contribution is -2.37. The summed E-state index contributed by atoms with van der Waals surface area (Å²) < 4.78 is 6.63. The zero-order chi connectivity index (χ0) is 20.3. The lowest BCUT2D eigenvalue weighted by atomic mass is 10.1. The minimum absolute atomic E-state index is 0.0912. The van der Waals surface area contributed by atoms with Crippen molar-refractivity contribution in [1.29, 1.82) is 0 Å². The van der Waals surface area contributed by atoms with Gasteiger partial charge in [-0.05, 0) is 36.8 Å². The normalized spacial score (nSPS) is 11.0. The minimum Gasteiger partial charge on any atom is -0.506 e. The van der Waals surface area contributed by atoms with Crippen molar-refractivity contribution in [2.75, 3.05) is 25.2 Å². The maximum atomic E-state index is 13.0. The fourth-order valence-electron chi connectivity index (χ4n) is 3.15. The predicted molar refractivity (Wildman–Crippen MR) is 118 cm³/mol. The highest BCUT2D eigenvalue weighted by Gasteiger charge is 2.23. The van der Waals surface area contributed by atoms with E-state index in [1.54, 1.807) is 32.4 Å². The lowest BCUT2D eigenvalue weighted by molar-refractivity contribution is 0.197. The molecule has 0 aliphatic heterocycles. The van der Waals surface area contributed by atoms with Crippen LogP contribution in [-0.2, 0) is 11.8 Å². The number of pyridine rings is 1. The van der Waals surface area contributed by atoms with Gasteiger partial charge in [-0.15, -0.1) is 0 Å². The number of benzene rings is 2. The third-order valence-electron chi connectivity index (χ3n) is 4.59. The number of thiocarbonyl (C=S) groups is 1. The molecule has 0 spiro atoms. The number of ether oxygens (including phenoxy) is 1. The number of para-hydroxylation sites is 1. The van der Waals surface area contributed by atoms with Crippen LogP contribution in [0.1, 0.15) is 12.0 Å². The van der Waals surface area contributed by atoms with E-state index >= 15 is 0 Å². The molecule has 5 nitrogen and oxygen atoms in total. The van der Waals surface area contributed by atoms with Gasteiger partial charge in [0.15, 0.2) is 0 Å². The number of anilines is 1. The maximum Gasteiger partial charge on any atom is 0.264 e. The van der Waals surface area contributed by atoms with E-state index in [0.717, 1.165) is 5.69 Å². The van der Waals surface area contributed by atoms with Gasteiger partial charge in [0.2, 0.25) is 0 Å². The summed E-state index contributed by atoms with van der Waals surface area (Å²) in [6, 6.07) is 14.6. The van der Waals surface area contributed by atoms with Gasteiger partial charge < -0.3 is 19.3 Å². The van der Waals surface area contributed by atoms with Crippen molar-refractivity contribution in [3.05, 3.63) is 69.5 Å². The molecule has 7 heteroatoms. The summed E-state index contributed by atoms with van der Waals surface area (Å²) >= 11 is 11.8. The number of rotatable bonds is 6. The van der Waals surface area contributed by atoms with Crippen LogP contribution in [0.25, 0.3) is 10.9 Å². The number of hydrogen-bond donors (Lipinski definition) is 1. The Morgan fingerprint density at radius 3 is 2.64 bits per heavy atom. The third kappa shape index (κ3) is 3.90. The van der Waals surface area contributed by atoms with Crippen LogP contribution >= 0.6 is 23.8 Å². The van der Waals surface area contributed by atoms with Crippen LogP contribution in [0.5, 0.6) is 5.75 Å². The number of halogens is 1. The SMILES string of the molecule is COCCCN(C(=S)c1c(O)c2cc(Cl)ccc2n(C)c1=O)c1ccccc1. The van der Waals surface area contributed by atoms with Crippen LogP contribution in [0.3, 0.4) is 0 Å². The standard InChI is InChI=1S/C21H21ClN2O3S/c1-23-17-10-9-14(22)13-16(17)19(25)18(20(23)26)21(28)24(11-6-12-27-2)15-7-4-3-5-8-15/h3-5,7-10,13,25H,6,11-12H2,1-2H3. The van der Waals surface area contributed by atoms with Crippen LogP contribution in [0, 0.1) is 0 Å². The summed E-state index contributed by atoms with van der Waals surface area (Å²) in [5.41, 5.74) is 1.17. The molecule has 0 amide bonds. The average molecular weight is 417 g/mol. The van der Waals surface area contributed by atoms with Gasteiger partial charge in [-0.3, -0.25) is 4.79 Å². The van der Waals surface area contributed by atoms with E-state index in [1.165, 1.54) is 4.57 Å². The van der Waals surface area contributed by atoms with E-state index in [-0.39, 0.29) is 21.9 Å². The van der Waals surface area contributed by atoms with Crippen LogP contribution in [0.15, 0.2) is 53.3 Å². The van der Waals surface area contributed by atoms with Crippen molar-refractivity contribution >= 4 is 45.4 Å². The summed E-state index contributed by atoms with van der Waals surface area (Å²) in [5.74, 6) is -0.154. The van der Waals surface area contributed by atoms with Crippen molar-refractivity contribution in [2.24, 2.45) is 7.05 Å². The van der Waals surface area contributed by atoms with Gasteiger partial charge in [0.1, 0.15) is 16.3 Å². The van der Waals surface area contributed by atoms with Gasteiger partial charge >= 0.3 is 0 Å². The van der Waals surface area contributed by atoms with Gasteiger partial charge in [-0.2, -0.15) is 0 Å². The first-order chi connectivity index (χ1) is 13.5. The quantitative estimate of drug-likeness (QED) is 0.484. The second-order valence-corrected chi connectivity index (χ2v) is 7.21. The Bertz CT molecular complexity index is 1070. The molecule has 1 aromatic heterocycles. The van der Waals surface area contributed by atoms with E-state index in [2.05, 4.69) is 0 Å². The lowest BCUT2D eigenvalue weighted by Gasteiger charge is -2.26. The van der Waals surface area contributed by atoms with E-state index in [4.69, 9.17) is 28.6 Å². The average Bonchev–Trinajstić information content (AvgIpc) is 2.70. The van der Waals surface area contributed by atoms with Crippen LogP contribution in [0.2, 0.25) is 5.02 Å². The van der Waals surface area contributed by atoms with Crippen LogP contribution in [0.4, 0.5) is 5.69 Å². The molecule has 0 aliphatic rings. The van der Waals surface area contributed by atoms with Crippen molar-refractivity contribution in [1.82, 2.24) is 4.57 Å². The number of aromatic nitrogens is 1. The molecule has 0 bridgehead atoms. The van der Waals surface area contributed by atoms with E-state index in [0.29, 0.717) is 35.5 Å². The molecule has 3 aromatic rings. The molecule has 0 unspecified atom stereocenters. The topological polar surface area (TPSA) is 54.7 Å². The van der Waals surface area contributed by atoms with Gasteiger partial charge in [0.25, 0.3) is 5.56 Å². The highest BCUT2D eigenvalue weighted by molar-refractivity contribution is 7.81. The molecule has 0 aliphatic carbocycles. The van der Waals surface area contributed by atoms with Crippen LogP contribution in [-0.4, -0.2) is 34.9 Å². The molecule has 0 fully saturated rings. The monoisotopic (exact) mass is 416 g/mol. The van der Waals surface area contributed by atoms with Gasteiger partial charge in [-0.1, -0.05) is 42.0 Å². The highest BCUT2D eigenvalue weighted by Crippen LogP contribution is 2.30. The smallest absolute Gasteiger partial charge is 0.264 e. The minimum atomic E-state index is -0.356. The van der Waals surface area contributed by atoms with Crippen molar-refractivity contribution < 1.29 is 9.84 Å². The molecule has 0 saturated heterocycles. The summed E-state index contributed by atoms with van der Waals surface area (Å²) in [4.78, 5) is 15.1. The number of hydrogen-bond acceptors (Lipinski definition) is 4. The predicted octanol–water partition coefficient (Wildman–Crippen LogP) is 4.12. The van der Waals surface area contributed by atoms with Gasteiger partial charge in [0.05, 0.1) is 5.52 Å². The summed E-state index contributed by atoms with van der Waals surface area (Å²) in [5, 5.41) is 11.9.